The molecule has 0 spiro atoms. The summed E-state index contributed by atoms with van der Waals surface area (Å²) in [5.74, 6) is -1.30. The van der Waals surface area contributed by atoms with Gasteiger partial charge in [0.15, 0.2) is 11.8 Å². The Balaban J connectivity index is 1.29. The third-order valence-electron chi connectivity index (χ3n) is 6.49. The van der Waals surface area contributed by atoms with Crippen LogP contribution in [0.2, 0.25) is 0 Å². The topological polar surface area (TPSA) is 103 Å². The SMILES string of the molecule is Cc1cc(Nc2ncnc3ccc(Br)c(O[C@@H]4CCN(C)CC4(F)F)c23)ccc1Oc1cc2ncnn2cn1. The first-order valence-electron chi connectivity index (χ1n) is 12.1. The zero-order chi connectivity index (χ0) is 27.1. The lowest BCUT2D eigenvalue weighted by Gasteiger charge is -2.36. The highest BCUT2D eigenvalue weighted by Crippen LogP contribution is 2.41. The third-order valence-corrected chi connectivity index (χ3v) is 7.12. The molecule has 1 aliphatic heterocycles. The van der Waals surface area contributed by atoms with E-state index in [2.05, 4.69) is 46.3 Å². The number of hydrogen-bond donors (Lipinski definition) is 1. The van der Waals surface area contributed by atoms with Crippen LogP contribution in [0.4, 0.5) is 20.3 Å². The molecule has 1 saturated heterocycles. The van der Waals surface area contributed by atoms with Crippen molar-refractivity contribution in [2.75, 3.05) is 25.5 Å². The van der Waals surface area contributed by atoms with Gasteiger partial charge in [0.2, 0.25) is 5.88 Å². The van der Waals surface area contributed by atoms with E-state index >= 15 is 0 Å². The molecule has 5 aromatic rings. The zero-order valence-corrected chi connectivity index (χ0v) is 22.6. The summed E-state index contributed by atoms with van der Waals surface area (Å²) in [7, 11) is 1.68. The summed E-state index contributed by atoms with van der Waals surface area (Å²) in [4.78, 5) is 18.7. The molecule has 2 aromatic carbocycles. The van der Waals surface area contributed by atoms with Crippen LogP contribution in [0.25, 0.3) is 16.6 Å². The predicted octanol–water partition coefficient (Wildman–Crippen LogP) is 5.39. The predicted molar refractivity (Wildman–Crippen MR) is 144 cm³/mol. The van der Waals surface area contributed by atoms with Gasteiger partial charge in [-0.2, -0.15) is 5.10 Å². The lowest BCUT2D eigenvalue weighted by atomic mass is 10.0. The van der Waals surface area contributed by atoms with Gasteiger partial charge >= 0.3 is 0 Å². The number of anilines is 2. The van der Waals surface area contributed by atoms with Gasteiger partial charge in [-0.05, 0) is 65.8 Å². The van der Waals surface area contributed by atoms with Crippen molar-refractivity contribution in [1.29, 1.82) is 0 Å². The molecule has 3 aromatic heterocycles. The van der Waals surface area contributed by atoms with Gasteiger partial charge in [0.05, 0.1) is 21.9 Å². The first-order valence-corrected chi connectivity index (χ1v) is 12.9. The lowest BCUT2D eigenvalue weighted by molar-refractivity contribution is -0.134. The number of nitrogens with zero attached hydrogens (tertiary/aromatic N) is 7. The van der Waals surface area contributed by atoms with Crippen LogP contribution in [0, 0.1) is 6.92 Å². The molecule has 0 unspecified atom stereocenters. The Hall–Kier alpha value is -3.97. The molecule has 39 heavy (non-hydrogen) atoms. The minimum absolute atomic E-state index is 0.197. The Morgan fingerprint density at radius 3 is 2.77 bits per heavy atom. The number of benzene rings is 2. The van der Waals surface area contributed by atoms with Crippen molar-refractivity contribution in [2.45, 2.75) is 25.4 Å². The molecular formula is C26H23BrF2N8O2. The number of aryl methyl sites for hydroxylation is 1. The molecule has 0 amide bonds. The van der Waals surface area contributed by atoms with Crippen molar-refractivity contribution in [3.8, 4) is 17.4 Å². The highest BCUT2D eigenvalue weighted by atomic mass is 79.9. The number of alkyl halides is 2. The van der Waals surface area contributed by atoms with Crippen molar-refractivity contribution >= 4 is 44.0 Å². The molecule has 10 nitrogen and oxygen atoms in total. The van der Waals surface area contributed by atoms with E-state index in [0.717, 1.165) is 11.3 Å². The van der Waals surface area contributed by atoms with Crippen molar-refractivity contribution in [3.63, 3.8) is 0 Å². The number of fused-ring (bicyclic) bond motifs is 2. The van der Waals surface area contributed by atoms with E-state index in [9.17, 15) is 8.78 Å². The Morgan fingerprint density at radius 2 is 1.95 bits per heavy atom. The Kier molecular flexibility index (Phi) is 6.47. The first-order chi connectivity index (χ1) is 18.8. The molecule has 200 valence electrons. The summed E-state index contributed by atoms with van der Waals surface area (Å²) in [5.41, 5.74) is 2.74. The molecule has 1 atom stereocenters. The van der Waals surface area contributed by atoms with E-state index in [1.54, 1.807) is 34.7 Å². The van der Waals surface area contributed by atoms with Crippen LogP contribution in [0.5, 0.6) is 17.4 Å². The van der Waals surface area contributed by atoms with Gasteiger partial charge in [-0.3, -0.25) is 0 Å². The molecular weight excluding hydrogens is 574 g/mol. The van der Waals surface area contributed by atoms with Crippen molar-refractivity contribution < 1.29 is 18.3 Å². The number of rotatable bonds is 6. The molecule has 1 aliphatic rings. The van der Waals surface area contributed by atoms with Gasteiger partial charge in [0.25, 0.3) is 5.92 Å². The molecule has 0 bridgehead atoms. The van der Waals surface area contributed by atoms with E-state index in [-0.39, 0.29) is 18.7 Å². The number of ether oxygens (including phenoxy) is 2. The number of halogens is 3. The molecule has 0 radical (unpaired) electrons. The van der Waals surface area contributed by atoms with E-state index in [4.69, 9.17) is 9.47 Å². The van der Waals surface area contributed by atoms with Crippen LogP contribution < -0.4 is 14.8 Å². The first kappa shape index (κ1) is 25.3. The van der Waals surface area contributed by atoms with Gasteiger partial charge in [-0.25, -0.2) is 33.2 Å². The molecule has 13 heteroatoms. The summed E-state index contributed by atoms with van der Waals surface area (Å²) in [6.45, 7) is 2.06. The van der Waals surface area contributed by atoms with Crippen LogP contribution in [0.15, 0.2) is 59.9 Å². The Morgan fingerprint density at radius 1 is 1.08 bits per heavy atom. The summed E-state index contributed by atoms with van der Waals surface area (Å²) in [6.07, 6.45) is 3.32. The number of nitrogens with one attached hydrogen (secondary N) is 1. The average Bonchev–Trinajstić information content (AvgIpc) is 3.36. The summed E-state index contributed by atoms with van der Waals surface area (Å²) in [6, 6.07) is 10.7. The summed E-state index contributed by atoms with van der Waals surface area (Å²) >= 11 is 3.48. The maximum Gasteiger partial charge on any atom is 0.296 e. The van der Waals surface area contributed by atoms with Gasteiger partial charge in [0.1, 0.15) is 36.3 Å². The third kappa shape index (κ3) is 5.06. The van der Waals surface area contributed by atoms with E-state index in [1.165, 1.54) is 19.0 Å². The fraction of sp³-hybridized carbons (Fsp3) is 0.269. The number of aromatic nitrogens is 6. The highest BCUT2D eigenvalue weighted by molar-refractivity contribution is 9.10. The average molecular weight is 597 g/mol. The number of piperidine rings is 1. The fourth-order valence-corrected chi connectivity index (χ4v) is 4.96. The minimum atomic E-state index is -3.00. The van der Waals surface area contributed by atoms with Crippen LogP contribution >= 0.6 is 15.9 Å². The molecule has 1 fully saturated rings. The van der Waals surface area contributed by atoms with Crippen molar-refractivity contribution in [3.05, 3.63) is 65.4 Å². The molecule has 0 saturated carbocycles. The van der Waals surface area contributed by atoms with E-state index in [1.807, 2.05) is 25.1 Å². The smallest absolute Gasteiger partial charge is 0.296 e. The number of likely N-dealkylation sites (tertiary alicyclic amines) is 1. The normalized spacial score (nSPS) is 17.4. The monoisotopic (exact) mass is 596 g/mol. The summed E-state index contributed by atoms with van der Waals surface area (Å²) in [5, 5.41) is 7.83. The van der Waals surface area contributed by atoms with E-state index in [0.29, 0.717) is 45.0 Å². The minimum Gasteiger partial charge on any atom is -0.482 e. The quantitative estimate of drug-likeness (QED) is 0.276. The van der Waals surface area contributed by atoms with Crippen LogP contribution in [0.3, 0.4) is 0 Å². The second kappa shape index (κ2) is 9.97. The van der Waals surface area contributed by atoms with E-state index < -0.39 is 12.0 Å². The maximum absolute atomic E-state index is 14.8. The molecule has 0 aliphatic carbocycles. The zero-order valence-electron chi connectivity index (χ0n) is 21.0. The molecule has 6 rings (SSSR count). The van der Waals surface area contributed by atoms with Crippen LogP contribution in [-0.4, -0.2) is 66.6 Å². The van der Waals surface area contributed by atoms with Gasteiger partial charge in [0, 0.05) is 24.7 Å². The Bertz CT molecular complexity index is 1680. The highest BCUT2D eigenvalue weighted by Gasteiger charge is 2.46. The Labute approximate surface area is 230 Å². The summed E-state index contributed by atoms with van der Waals surface area (Å²) < 4.78 is 43.7. The fourth-order valence-electron chi connectivity index (χ4n) is 4.54. The van der Waals surface area contributed by atoms with Crippen molar-refractivity contribution in [2.24, 2.45) is 0 Å². The second-order valence-electron chi connectivity index (χ2n) is 9.38. The van der Waals surface area contributed by atoms with Crippen LogP contribution in [0.1, 0.15) is 12.0 Å². The largest absolute Gasteiger partial charge is 0.482 e. The molecule has 1 N–H and O–H groups in total. The van der Waals surface area contributed by atoms with Gasteiger partial charge in [-0.15, -0.1) is 0 Å². The van der Waals surface area contributed by atoms with Crippen molar-refractivity contribution in [1.82, 2.24) is 34.4 Å². The number of hydrogen-bond acceptors (Lipinski definition) is 9. The standard InChI is InChI=1S/C26H23BrF2N8O2/c1-15-9-16(3-6-19(15)38-22-10-21-31-13-34-37(21)14-33-22)35-25-23-18(30-12-32-25)5-4-17(27)24(23)39-20-7-8-36(2)11-26(20,28)29/h3-6,9-10,12-14,20H,7-8,11H2,1-2H3,(H,30,32,35)/t20-/m1/s1. The lowest BCUT2D eigenvalue weighted by Crippen LogP contribution is -2.52. The second-order valence-corrected chi connectivity index (χ2v) is 10.2. The molecule has 4 heterocycles. The maximum atomic E-state index is 14.8. The van der Waals surface area contributed by atoms with Gasteiger partial charge < -0.3 is 19.7 Å². The van der Waals surface area contributed by atoms with Crippen LogP contribution in [-0.2, 0) is 0 Å². The van der Waals surface area contributed by atoms with Gasteiger partial charge in [-0.1, -0.05) is 0 Å².